The fraction of sp³-hybridized carbons (Fsp3) is 0.182. The van der Waals surface area contributed by atoms with E-state index in [1.165, 1.54) is 11.0 Å². The molecule has 6 heteroatoms. The monoisotopic (exact) mass is 376 g/mol. The van der Waals surface area contributed by atoms with Gasteiger partial charge in [-0.05, 0) is 48.0 Å². The van der Waals surface area contributed by atoms with Crippen LogP contribution < -0.4 is 14.8 Å². The van der Waals surface area contributed by atoms with E-state index in [1.807, 2.05) is 18.2 Å². The van der Waals surface area contributed by atoms with E-state index in [2.05, 4.69) is 17.2 Å². The van der Waals surface area contributed by atoms with Crippen LogP contribution in [0.15, 0.2) is 48.5 Å². The Balaban J connectivity index is 1.48. The quantitative estimate of drug-likeness (QED) is 0.657. The van der Waals surface area contributed by atoms with E-state index < -0.39 is 0 Å². The molecule has 142 valence electrons. The van der Waals surface area contributed by atoms with Gasteiger partial charge in [-0.3, -0.25) is 9.59 Å². The molecule has 2 aromatic carbocycles. The van der Waals surface area contributed by atoms with E-state index in [0.717, 1.165) is 11.1 Å². The molecule has 0 fully saturated rings. The molecule has 0 bridgehead atoms. The zero-order valence-corrected chi connectivity index (χ0v) is 15.7. The molecule has 0 saturated heterocycles. The predicted molar refractivity (Wildman–Crippen MR) is 106 cm³/mol. The number of carbonyl (C=O) groups excluding carboxylic acids is 2. The number of amides is 2. The van der Waals surface area contributed by atoms with Gasteiger partial charge in [0.05, 0.1) is 6.54 Å². The summed E-state index contributed by atoms with van der Waals surface area (Å²) in [7, 11) is 3.42. The Labute approximate surface area is 163 Å². The van der Waals surface area contributed by atoms with Crippen LogP contribution in [-0.4, -0.2) is 44.1 Å². The van der Waals surface area contributed by atoms with Gasteiger partial charge in [-0.25, -0.2) is 0 Å². The first-order valence-corrected chi connectivity index (χ1v) is 8.69. The molecule has 0 saturated carbocycles. The van der Waals surface area contributed by atoms with Crippen molar-refractivity contribution in [2.24, 2.45) is 0 Å². The molecule has 1 aliphatic rings. The van der Waals surface area contributed by atoms with Crippen LogP contribution >= 0.6 is 0 Å². The highest BCUT2D eigenvalue weighted by atomic mass is 16.7. The van der Waals surface area contributed by atoms with Crippen molar-refractivity contribution in [3.8, 4) is 23.3 Å². The van der Waals surface area contributed by atoms with Gasteiger partial charge in [0.15, 0.2) is 11.5 Å². The SMILES string of the molecule is CN(C)C(=O)c1ccc(C#CCNC(=O)/C=C/c2ccc3c(c2)OCO3)cc1. The van der Waals surface area contributed by atoms with E-state index >= 15 is 0 Å². The molecule has 1 N–H and O–H groups in total. The van der Waals surface area contributed by atoms with Crippen LogP contribution in [0.25, 0.3) is 6.08 Å². The first-order chi connectivity index (χ1) is 13.5. The smallest absolute Gasteiger partial charge is 0.253 e. The molecule has 0 atom stereocenters. The number of fused-ring (bicyclic) bond motifs is 1. The minimum Gasteiger partial charge on any atom is -0.454 e. The van der Waals surface area contributed by atoms with E-state index in [-0.39, 0.29) is 25.2 Å². The van der Waals surface area contributed by atoms with E-state index in [4.69, 9.17) is 9.47 Å². The summed E-state index contributed by atoms with van der Waals surface area (Å²) in [6, 6.07) is 12.5. The van der Waals surface area contributed by atoms with Crippen molar-refractivity contribution in [3.63, 3.8) is 0 Å². The average molecular weight is 376 g/mol. The summed E-state index contributed by atoms with van der Waals surface area (Å²) in [6.45, 7) is 0.443. The molecular weight excluding hydrogens is 356 g/mol. The molecule has 1 aliphatic heterocycles. The lowest BCUT2D eigenvalue weighted by Crippen LogP contribution is -2.21. The molecule has 0 aromatic heterocycles. The Morgan fingerprint density at radius 2 is 1.86 bits per heavy atom. The van der Waals surface area contributed by atoms with Crippen molar-refractivity contribution in [2.75, 3.05) is 27.4 Å². The lowest BCUT2D eigenvalue weighted by atomic mass is 10.1. The minimum absolute atomic E-state index is 0.0546. The third-order valence-corrected chi connectivity index (χ3v) is 3.95. The number of hydrogen-bond acceptors (Lipinski definition) is 4. The summed E-state index contributed by atoms with van der Waals surface area (Å²) in [5.74, 6) is 6.93. The van der Waals surface area contributed by atoms with Gasteiger partial charge >= 0.3 is 0 Å². The maximum Gasteiger partial charge on any atom is 0.253 e. The van der Waals surface area contributed by atoms with Crippen LogP contribution in [0.5, 0.6) is 11.5 Å². The van der Waals surface area contributed by atoms with Gasteiger partial charge in [0.2, 0.25) is 12.7 Å². The number of ether oxygens (including phenoxy) is 2. The minimum atomic E-state index is -0.237. The van der Waals surface area contributed by atoms with Gasteiger partial charge in [-0.2, -0.15) is 0 Å². The summed E-state index contributed by atoms with van der Waals surface area (Å²) >= 11 is 0. The molecule has 2 amide bonds. The van der Waals surface area contributed by atoms with Gasteiger partial charge in [0.25, 0.3) is 5.91 Å². The molecule has 0 spiro atoms. The number of hydrogen-bond donors (Lipinski definition) is 1. The van der Waals surface area contributed by atoms with Crippen molar-refractivity contribution in [1.82, 2.24) is 10.2 Å². The lowest BCUT2D eigenvalue weighted by molar-refractivity contribution is -0.116. The first-order valence-electron chi connectivity index (χ1n) is 8.69. The van der Waals surface area contributed by atoms with Crippen molar-refractivity contribution < 1.29 is 19.1 Å². The molecule has 1 heterocycles. The van der Waals surface area contributed by atoms with Crippen LogP contribution in [-0.2, 0) is 4.79 Å². The van der Waals surface area contributed by atoms with E-state index in [1.54, 1.807) is 44.4 Å². The van der Waals surface area contributed by atoms with Crippen molar-refractivity contribution in [2.45, 2.75) is 0 Å². The maximum atomic E-state index is 11.9. The summed E-state index contributed by atoms with van der Waals surface area (Å²) in [4.78, 5) is 25.2. The van der Waals surface area contributed by atoms with Crippen LogP contribution in [0.4, 0.5) is 0 Å². The highest BCUT2D eigenvalue weighted by Gasteiger charge is 2.12. The molecule has 0 radical (unpaired) electrons. The third kappa shape index (κ3) is 4.92. The number of benzene rings is 2. The summed E-state index contributed by atoms with van der Waals surface area (Å²) < 4.78 is 10.6. The van der Waals surface area contributed by atoms with Gasteiger partial charge in [0, 0.05) is 31.3 Å². The fourth-order valence-electron chi connectivity index (χ4n) is 2.48. The number of carbonyl (C=O) groups is 2. The molecular formula is C22H20N2O4. The molecule has 0 unspecified atom stereocenters. The van der Waals surface area contributed by atoms with Crippen molar-refractivity contribution >= 4 is 17.9 Å². The number of nitrogens with one attached hydrogen (secondary N) is 1. The van der Waals surface area contributed by atoms with Crippen LogP contribution in [0, 0.1) is 11.8 Å². The summed E-state index contributed by atoms with van der Waals surface area (Å²) in [5.41, 5.74) is 2.23. The second-order valence-corrected chi connectivity index (χ2v) is 6.24. The predicted octanol–water partition coefficient (Wildman–Crippen LogP) is 2.30. The molecule has 0 aliphatic carbocycles. The normalized spacial score (nSPS) is 11.6. The zero-order valence-electron chi connectivity index (χ0n) is 15.7. The lowest BCUT2D eigenvalue weighted by Gasteiger charge is -2.09. The Bertz CT molecular complexity index is 966. The second kappa shape index (κ2) is 8.78. The van der Waals surface area contributed by atoms with Crippen LogP contribution in [0.2, 0.25) is 0 Å². The van der Waals surface area contributed by atoms with Gasteiger partial charge in [0.1, 0.15) is 0 Å². The Morgan fingerprint density at radius 1 is 1.11 bits per heavy atom. The largest absolute Gasteiger partial charge is 0.454 e. The summed E-state index contributed by atoms with van der Waals surface area (Å²) in [5, 5.41) is 2.70. The number of rotatable bonds is 4. The standard InChI is InChI=1S/C22H20N2O4/c1-24(2)22(26)18-9-5-16(6-10-18)4-3-13-23-21(25)12-8-17-7-11-19-20(14-17)28-15-27-19/h5-12,14H,13,15H2,1-2H3,(H,23,25)/b12-8+. The Morgan fingerprint density at radius 3 is 2.61 bits per heavy atom. The van der Waals surface area contributed by atoms with Gasteiger partial charge in [-0.1, -0.05) is 17.9 Å². The Kier molecular flexibility index (Phi) is 5.97. The highest BCUT2D eigenvalue weighted by Crippen LogP contribution is 2.32. The molecule has 6 nitrogen and oxygen atoms in total. The fourth-order valence-corrected chi connectivity index (χ4v) is 2.48. The number of nitrogens with zero attached hydrogens (tertiary/aromatic N) is 1. The summed E-state index contributed by atoms with van der Waals surface area (Å²) in [6.07, 6.45) is 3.14. The van der Waals surface area contributed by atoms with Gasteiger partial charge in [-0.15, -0.1) is 0 Å². The molecule has 28 heavy (non-hydrogen) atoms. The average Bonchev–Trinajstić information content (AvgIpc) is 3.17. The molecule has 2 aromatic rings. The molecule has 3 rings (SSSR count). The Hall–Kier alpha value is -3.72. The van der Waals surface area contributed by atoms with Gasteiger partial charge < -0.3 is 19.7 Å². The van der Waals surface area contributed by atoms with Crippen LogP contribution in [0.3, 0.4) is 0 Å². The first kappa shape index (κ1) is 19.1. The highest BCUT2D eigenvalue weighted by molar-refractivity contribution is 5.94. The van der Waals surface area contributed by atoms with E-state index in [9.17, 15) is 9.59 Å². The van der Waals surface area contributed by atoms with Crippen LogP contribution in [0.1, 0.15) is 21.5 Å². The maximum absolute atomic E-state index is 11.9. The zero-order chi connectivity index (χ0) is 19.9. The topological polar surface area (TPSA) is 67.9 Å². The third-order valence-electron chi connectivity index (χ3n) is 3.95. The van der Waals surface area contributed by atoms with Crippen molar-refractivity contribution in [3.05, 3.63) is 65.2 Å². The van der Waals surface area contributed by atoms with Crippen molar-refractivity contribution in [1.29, 1.82) is 0 Å². The second-order valence-electron chi connectivity index (χ2n) is 6.24. The van der Waals surface area contributed by atoms with E-state index in [0.29, 0.717) is 17.1 Å².